The van der Waals surface area contributed by atoms with Gasteiger partial charge in [-0.05, 0) is 30.5 Å². The van der Waals surface area contributed by atoms with Crippen molar-refractivity contribution < 1.29 is 24.2 Å². The summed E-state index contributed by atoms with van der Waals surface area (Å²) in [7, 11) is -1.87. The van der Waals surface area contributed by atoms with Crippen LogP contribution in [0.4, 0.5) is 0 Å². The van der Waals surface area contributed by atoms with E-state index in [1.54, 1.807) is 0 Å². The van der Waals surface area contributed by atoms with Gasteiger partial charge < -0.3 is 14.6 Å². The summed E-state index contributed by atoms with van der Waals surface area (Å²) >= 11 is 0. The minimum atomic E-state index is -1.87. The second-order valence-corrected chi connectivity index (χ2v) is 11.5. The van der Waals surface area contributed by atoms with Crippen LogP contribution >= 0.6 is 0 Å². The van der Waals surface area contributed by atoms with Gasteiger partial charge >= 0.3 is 11.9 Å². The van der Waals surface area contributed by atoms with Crippen molar-refractivity contribution in [3.8, 4) is 0 Å². The molecule has 1 unspecified atom stereocenters. The number of aliphatic carboxylic acids is 2. The summed E-state index contributed by atoms with van der Waals surface area (Å²) in [5, 5.41) is 17.8. The van der Waals surface area contributed by atoms with Crippen LogP contribution in [0.5, 0.6) is 0 Å². The molecule has 0 aliphatic carbocycles. The smallest absolute Gasteiger partial charge is 0.317 e. The molecule has 0 aromatic carbocycles. The van der Waals surface area contributed by atoms with E-state index in [-0.39, 0.29) is 17.4 Å². The molecule has 5 nitrogen and oxygen atoms in total. The average molecular weight is 290 g/mol. The zero-order valence-corrected chi connectivity index (χ0v) is 13.7. The molecular weight excluding hydrogens is 264 g/mol. The molecule has 0 bridgehead atoms. The minimum absolute atomic E-state index is 0.0890. The second-order valence-electron chi connectivity index (χ2n) is 6.64. The van der Waals surface area contributed by atoms with Crippen molar-refractivity contribution in [1.82, 2.24) is 0 Å². The van der Waals surface area contributed by atoms with Crippen molar-refractivity contribution in [1.29, 1.82) is 0 Å². The average Bonchev–Trinajstić information content (AvgIpc) is 2.20. The molecule has 0 saturated heterocycles. The molecule has 19 heavy (non-hydrogen) atoms. The van der Waals surface area contributed by atoms with Crippen molar-refractivity contribution in [3.05, 3.63) is 0 Å². The predicted molar refractivity (Wildman–Crippen MR) is 75.7 cm³/mol. The summed E-state index contributed by atoms with van der Waals surface area (Å²) in [6.45, 7) is 12.8. The number of carboxylic acids is 2. The lowest BCUT2D eigenvalue weighted by Gasteiger charge is -2.37. The molecule has 2 N–H and O–H groups in total. The summed E-state index contributed by atoms with van der Waals surface area (Å²) in [6, 6.07) is 0. The van der Waals surface area contributed by atoms with E-state index in [0.717, 1.165) is 0 Å². The van der Waals surface area contributed by atoms with Crippen LogP contribution < -0.4 is 0 Å². The lowest BCUT2D eigenvalue weighted by atomic mass is 9.97. The van der Waals surface area contributed by atoms with Gasteiger partial charge in [-0.1, -0.05) is 27.7 Å². The van der Waals surface area contributed by atoms with Gasteiger partial charge in [-0.3, -0.25) is 9.59 Å². The van der Waals surface area contributed by atoms with E-state index < -0.39 is 26.2 Å². The van der Waals surface area contributed by atoms with E-state index in [9.17, 15) is 9.59 Å². The Balaban J connectivity index is 4.44. The first kappa shape index (κ1) is 18.1. The molecule has 0 radical (unpaired) electrons. The van der Waals surface area contributed by atoms with Gasteiger partial charge in [0.05, 0.1) is 0 Å². The fraction of sp³-hybridized carbons (Fsp3) is 0.846. The van der Waals surface area contributed by atoms with E-state index >= 15 is 0 Å². The predicted octanol–water partition coefficient (Wildman–Crippen LogP) is 2.82. The van der Waals surface area contributed by atoms with Crippen LogP contribution in [0.15, 0.2) is 0 Å². The van der Waals surface area contributed by atoms with Gasteiger partial charge in [0.1, 0.15) is 0 Å². The summed E-state index contributed by atoms with van der Waals surface area (Å²) in [5.41, 5.74) is 0. The van der Waals surface area contributed by atoms with Crippen LogP contribution in [0.3, 0.4) is 0 Å². The molecule has 0 aliphatic heterocycles. The van der Waals surface area contributed by atoms with Crippen LogP contribution in [0.2, 0.25) is 18.1 Å². The standard InChI is InChI=1S/C13H26O5Si/c1-9(7-10(11(14)15)12(16)17)8-18-19(5,6)13(2,3)4/h9-10H,7-8H2,1-6H3,(H,14,15)(H,16,17). The molecule has 1 atom stereocenters. The van der Waals surface area contributed by atoms with E-state index in [1.165, 1.54) is 0 Å². The molecule has 6 heteroatoms. The van der Waals surface area contributed by atoms with Gasteiger partial charge in [0, 0.05) is 6.61 Å². The molecule has 0 fully saturated rings. The summed E-state index contributed by atoms with van der Waals surface area (Å²) < 4.78 is 5.97. The topological polar surface area (TPSA) is 83.8 Å². The first-order valence-corrected chi connectivity index (χ1v) is 9.39. The Hall–Kier alpha value is -0.883. The Morgan fingerprint density at radius 3 is 1.89 bits per heavy atom. The van der Waals surface area contributed by atoms with Crippen molar-refractivity contribution in [2.24, 2.45) is 11.8 Å². The van der Waals surface area contributed by atoms with Crippen molar-refractivity contribution >= 4 is 20.3 Å². The fourth-order valence-electron chi connectivity index (χ4n) is 1.34. The number of carboxylic acid groups (broad SMARTS) is 2. The summed E-state index contributed by atoms with van der Waals surface area (Å²) in [5.74, 6) is -4.01. The molecule has 0 spiro atoms. The summed E-state index contributed by atoms with van der Waals surface area (Å²) in [4.78, 5) is 21.6. The van der Waals surface area contributed by atoms with Gasteiger partial charge in [0.15, 0.2) is 14.2 Å². The SMILES string of the molecule is CC(CO[Si](C)(C)C(C)(C)C)CC(C(=O)O)C(=O)O. The molecule has 112 valence electrons. The lowest BCUT2D eigenvalue weighted by molar-refractivity contribution is -0.155. The highest BCUT2D eigenvalue weighted by molar-refractivity contribution is 6.74. The van der Waals surface area contributed by atoms with Gasteiger partial charge in [-0.25, -0.2) is 0 Å². The Morgan fingerprint density at radius 2 is 1.58 bits per heavy atom. The molecule has 0 rings (SSSR count). The third-order valence-corrected chi connectivity index (χ3v) is 8.27. The van der Waals surface area contributed by atoms with E-state index in [4.69, 9.17) is 14.6 Å². The van der Waals surface area contributed by atoms with Crippen LogP contribution in [0.25, 0.3) is 0 Å². The molecule has 0 amide bonds. The van der Waals surface area contributed by atoms with Crippen molar-refractivity contribution in [2.75, 3.05) is 6.61 Å². The zero-order chi connectivity index (χ0) is 15.4. The van der Waals surface area contributed by atoms with Crippen LogP contribution in [0.1, 0.15) is 34.1 Å². The highest BCUT2D eigenvalue weighted by Crippen LogP contribution is 2.36. The lowest BCUT2D eigenvalue weighted by Crippen LogP contribution is -2.42. The largest absolute Gasteiger partial charge is 0.481 e. The third-order valence-electron chi connectivity index (χ3n) is 3.77. The normalized spacial score (nSPS) is 14.5. The molecular formula is C13H26O5Si. The van der Waals surface area contributed by atoms with Gasteiger partial charge in [-0.2, -0.15) is 0 Å². The van der Waals surface area contributed by atoms with Gasteiger partial charge in [0.2, 0.25) is 0 Å². The van der Waals surface area contributed by atoms with E-state index in [1.807, 2.05) is 6.92 Å². The first-order chi connectivity index (χ1) is 8.38. The molecule has 0 aromatic heterocycles. The molecule has 0 saturated carbocycles. The van der Waals surface area contributed by atoms with Crippen LogP contribution in [0, 0.1) is 11.8 Å². The van der Waals surface area contributed by atoms with Crippen LogP contribution in [-0.2, 0) is 14.0 Å². The quantitative estimate of drug-likeness (QED) is 0.556. The Labute approximate surface area is 116 Å². The number of carbonyl (C=O) groups is 2. The third kappa shape index (κ3) is 5.73. The molecule has 0 aliphatic rings. The maximum absolute atomic E-state index is 10.8. The Kier molecular flexibility index (Phi) is 6.22. The highest BCUT2D eigenvalue weighted by Gasteiger charge is 2.37. The van der Waals surface area contributed by atoms with Gasteiger partial charge in [0.25, 0.3) is 0 Å². The molecule has 0 heterocycles. The Morgan fingerprint density at radius 1 is 1.16 bits per heavy atom. The van der Waals surface area contributed by atoms with Crippen LogP contribution in [-0.4, -0.2) is 37.1 Å². The monoisotopic (exact) mass is 290 g/mol. The highest BCUT2D eigenvalue weighted by atomic mass is 28.4. The van der Waals surface area contributed by atoms with Crippen molar-refractivity contribution in [3.63, 3.8) is 0 Å². The zero-order valence-electron chi connectivity index (χ0n) is 12.7. The maximum atomic E-state index is 10.8. The number of rotatable bonds is 7. The maximum Gasteiger partial charge on any atom is 0.317 e. The number of hydrogen-bond acceptors (Lipinski definition) is 3. The van der Waals surface area contributed by atoms with Crippen molar-refractivity contribution in [2.45, 2.75) is 52.2 Å². The Bertz CT molecular complexity index is 318. The van der Waals surface area contributed by atoms with Gasteiger partial charge in [-0.15, -0.1) is 0 Å². The van der Waals surface area contributed by atoms with E-state index in [0.29, 0.717) is 6.61 Å². The second kappa shape index (κ2) is 6.52. The first-order valence-electron chi connectivity index (χ1n) is 6.48. The van der Waals surface area contributed by atoms with E-state index in [2.05, 4.69) is 33.9 Å². The fourth-order valence-corrected chi connectivity index (χ4v) is 2.48. The number of hydrogen-bond donors (Lipinski definition) is 2. The minimum Gasteiger partial charge on any atom is -0.481 e. The molecule has 0 aromatic rings. The summed E-state index contributed by atoms with van der Waals surface area (Å²) in [6.07, 6.45) is 0.0965.